The van der Waals surface area contributed by atoms with Gasteiger partial charge >= 0.3 is 0 Å². The minimum atomic E-state index is -0.600. The highest BCUT2D eigenvalue weighted by Gasteiger charge is 2.34. The molecule has 0 spiro atoms. The molecule has 2 heterocycles. The molecule has 0 saturated heterocycles. The van der Waals surface area contributed by atoms with E-state index in [2.05, 4.69) is 30.2 Å². The highest BCUT2D eigenvalue weighted by atomic mass is 32.1. The molecule has 0 saturated carbocycles. The van der Waals surface area contributed by atoms with Gasteiger partial charge in [-0.3, -0.25) is 9.59 Å². The minimum absolute atomic E-state index is 0.0454. The Hall–Kier alpha value is -3.25. The lowest BCUT2D eigenvalue weighted by molar-refractivity contribution is -0.133. The summed E-state index contributed by atoms with van der Waals surface area (Å²) in [5.41, 5.74) is 3.28. The van der Waals surface area contributed by atoms with Gasteiger partial charge in [-0.15, -0.1) is 17.9 Å². The van der Waals surface area contributed by atoms with Crippen LogP contribution in [0, 0.1) is 12.7 Å². The number of aryl methyl sites for hydroxylation is 1. The Balaban J connectivity index is 1.62. The highest BCUT2D eigenvalue weighted by molar-refractivity contribution is 7.10. The maximum atomic E-state index is 14.2. The normalized spacial score (nSPS) is 15.2. The lowest BCUT2D eigenvalue weighted by atomic mass is 9.92. The second-order valence-corrected chi connectivity index (χ2v) is 8.90. The van der Waals surface area contributed by atoms with Crippen LogP contribution >= 0.6 is 11.3 Å². The van der Waals surface area contributed by atoms with Crippen LogP contribution in [0.2, 0.25) is 0 Å². The molecule has 4 rings (SSSR count). The molecule has 1 aliphatic heterocycles. The summed E-state index contributed by atoms with van der Waals surface area (Å²) in [7, 11) is 0. The molecule has 164 valence electrons. The van der Waals surface area contributed by atoms with Crippen molar-refractivity contribution in [3.05, 3.63) is 106 Å². The predicted octanol–water partition coefficient (Wildman–Crippen LogP) is 5.00. The maximum Gasteiger partial charge on any atom is 0.257 e. The molecular formula is C26H25FN2O2S. The van der Waals surface area contributed by atoms with Crippen LogP contribution in [0.3, 0.4) is 0 Å². The van der Waals surface area contributed by atoms with Gasteiger partial charge in [0.15, 0.2) is 0 Å². The van der Waals surface area contributed by atoms with Crippen molar-refractivity contribution >= 4 is 23.2 Å². The van der Waals surface area contributed by atoms with Crippen LogP contribution in [0.1, 0.15) is 38.0 Å². The Morgan fingerprint density at radius 3 is 2.66 bits per heavy atom. The topological polar surface area (TPSA) is 40.6 Å². The molecule has 1 aromatic heterocycles. The molecule has 0 aliphatic carbocycles. The molecule has 3 aromatic rings. The summed E-state index contributed by atoms with van der Waals surface area (Å²) in [6.45, 7) is 6.32. The predicted molar refractivity (Wildman–Crippen MR) is 125 cm³/mol. The van der Waals surface area contributed by atoms with Crippen LogP contribution in [0.25, 0.3) is 0 Å². The summed E-state index contributed by atoms with van der Waals surface area (Å²) in [6, 6.07) is 15.9. The molecule has 2 aromatic carbocycles. The Bertz CT molecular complexity index is 1140. The largest absolute Gasteiger partial charge is 0.330 e. The number of carbonyl (C=O) groups is 2. The van der Waals surface area contributed by atoms with Crippen molar-refractivity contribution in [3.63, 3.8) is 0 Å². The van der Waals surface area contributed by atoms with Gasteiger partial charge in [-0.2, -0.15) is 0 Å². The fourth-order valence-corrected chi connectivity index (χ4v) is 5.03. The van der Waals surface area contributed by atoms with Crippen LogP contribution in [0.5, 0.6) is 0 Å². The van der Waals surface area contributed by atoms with E-state index in [1.54, 1.807) is 23.5 Å². The summed E-state index contributed by atoms with van der Waals surface area (Å²) in [6.07, 6.45) is 2.33. The third-order valence-electron chi connectivity index (χ3n) is 5.75. The van der Waals surface area contributed by atoms with Crippen molar-refractivity contribution in [2.75, 3.05) is 19.6 Å². The summed E-state index contributed by atoms with van der Waals surface area (Å²) in [5, 5.41) is 2.06. The van der Waals surface area contributed by atoms with E-state index < -0.39 is 11.7 Å². The Morgan fingerprint density at radius 1 is 1.19 bits per heavy atom. The first kappa shape index (κ1) is 22.0. The summed E-state index contributed by atoms with van der Waals surface area (Å²) >= 11 is 1.71. The lowest BCUT2D eigenvalue weighted by Gasteiger charge is -2.37. The Labute approximate surface area is 191 Å². The quantitative estimate of drug-likeness (QED) is 0.498. The van der Waals surface area contributed by atoms with Gasteiger partial charge in [0.1, 0.15) is 12.4 Å². The molecule has 4 nitrogen and oxygen atoms in total. The molecular weight excluding hydrogens is 423 g/mol. The highest BCUT2D eigenvalue weighted by Crippen LogP contribution is 2.38. The SMILES string of the molecule is C=CCN(CC(=O)N1CCc2sccc2C1c1ccc(C)cc1)C(=O)c1ccccc1F. The zero-order chi connectivity index (χ0) is 22.7. The van der Waals surface area contributed by atoms with Gasteiger partial charge in [0.05, 0.1) is 11.6 Å². The van der Waals surface area contributed by atoms with Gasteiger partial charge in [0.25, 0.3) is 5.91 Å². The number of hydrogen-bond donors (Lipinski definition) is 0. The molecule has 6 heteroatoms. The van der Waals surface area contributed by atoms with Crippen molar-refractivity contribution in [3.8, 4) is 0 Å². The smallest absolute Gasteiger partial charge is 0.257 e. The van der Waals surface area contributed by atoms with E-state index in [1.165, 1.54) is 28.0 Å². The first-order valence-electron chi connectivity index (χ1n) is 10.6. The van der Waals surface area contributed by atoms with E-state index in [-0.39, 0.29) is 30.6 Å². The number of amides is 2. The van der Waals surface area contributed by atoms with Gasteiger partial charge in [-0.25, -0.2) is 4.39 Å². The molecule has 0 bridgehead atoms. The van der Waals surface area contributed by atoms with Crippen molar-refractivity contribution in [1.29, 1.82) is 0 Å². The van der Waals surface area contributed by atoms with Crippen molar-refractivity contribution in [1.82, 2.24) is 9.80 Å². The zero-order valence-electron chi connectivity index (χ0n) is 18.0. The molecule has 0 radical (unpaired) electrons. The molecule has 2 amide bonds. The third-order valence-corrected chi connectivity index (χ3v) is 6.74. The average molecular weight is 449 g/mol. The molecule has 0 N–H and O–H groups in total. The standard InChI is InChI=1S/C26H25FN2O2S/c1-3-14-28(26(31)20-6-4-5-7-22(20)27)17-24(30)29-15-12-23-21(13-16-32-23)25(29)19-10-8-18(2)9-11-19/h3-11,13,16,25H,1,12,14-15,17H2,2H3. The molecule has 1 aliphatic rings. The van der Waals surface area contributed by atoms with Crippen LogP contribution < -0.4 is 0 Å². The van der Waals surface area contributed by atoms with E-state index in [0.29, 0.717) is 6.54 Å². The third kappa shape index (κ3) is 4.36. The number of hydrogen-bond acceptors (Lipinski definition) is 3. The van der Waals surface area contributed by atoms with Crippen LogP contribution in [-0.2, 0) is 11.2 Å². The van der Waals surface area contributed by atoms with Crippen molar-refractivity contribution in [2.24, 2.45) is 0 Å². The van der Waals surface area contributed by atoms with Gasteiger partial charge in [-0.05, 0) is 48.1 Å². The van der Waals surface area contributed by atoms with E-state index >= 15 is 0 Å². The minimum Gasteiger partial charge on any atom is -0.330 e. The van der Waals surface area contributed by atoms with Crippen LogP contribution in [0.4, 0.5) is 4.39 Å². The first-order chi connectivity index (χ1) is 15.5. The first-order valence-corrected chi connectivity index (χ1v) is 11.4. The molecule has 0 fully saturated rings. The maximum absolute atomic E-state index is 14.2. The number of thiophene rings is 1. The summed E-state index contributed by atoms with van der Waals surface area (Å²) < 4.78 is 14.2. The number of rotatable bonds is 6. The average Bonchev–Trinajstić information content (AvgIpc) is 3.27. The Kier molecular flexibility index (Phi) is 6.51. The second-order valence-electron chi connectivity index (χ2n) is 7.90. The van der Waals surface area contributed by atoms with E-state index in [9.17, 15) is 14.0 Å². The monoisotopic (exact) mass is 448 g/mol. The van der Waals surface area contributed by atoms with Gasteiger partial charge in [0.2, 0.25) is 5.91 Å². The summed E-state index contributed by atoms with van der Waals surface area (Å²) in [5.74, 6) is -1.28. The number of fused-ring (bicyclic) bond motifs is 1. The number of halogens is 1. The van der Waals surface area contributed by atoms with E-state index in [1.807, 2.05) is 24.0 Å². The fraction of sp³-hybridized carbons (Fsp3) is 0.231. The molecule has 32 heavy (non-hydrogen) atoms. The van der Waals surface area contributed by atoms with E-state index in [0.717, 1.165) is 23.1 Å². The second kappa shape index (κ2) is 9.49. The Morgan fingerprint density at radius 2 is 1.94 bits per heavy atom. The van der Waals surface area contributed by atoms with Gasteiger partial charge in [-0.1, -0.05) is 48.0 Å². The zero-order valence-corrected chi connectivity index (χ0v) is 18.8. The van der Waals surface area contributed by atoms with Crippen molar-refractivity contribution in [2.45, 2.75) is 19.4 Å². The molecule has 1 atom stereocenters. The molecule has 1 unspecified atom stereocenters. The van der Waals surface area contributed by atoms with E-state index in [4.69, 9.17) is 0 Å². The lowest BCUT2D eigenvalue weighted by Crippen LogP contribution is -2.47. The fourth-order valence-electron chi connectivity index (χ4n) is 4.13. The van der Waals surface area contributed by atoms with Gasteiger partial charge < -0.3 is 9.80 Å². The number of carbonyl (C=O) groups excluding carboxylic acids is 2. The number of nitrogens with zero attached hydrogens (tertiary/aromatic N) is 2. The summed E-state index contributed by atoms with van der Waals surface area (Å²) in [4.78, 5) is 31.0. The van der Waals surface area contributed by atoms with Gasteiger partial charge in [0, 0.05) is 18.0 Å². The van der Waals surface area contributed by atoms with Crippen LogP contribution in [-0.4, -0.2) is 41.2 Å². The number of benzene rings is 2. The van der Waals surface area contributed by atoms with Crippen LogP contribution in [0.15, 0.2) is 72.6 Å². The van der Waals surface area contributed by atoms with Crippen molar-refractivity contribution < 1.29 is 14.0 Å².